The molecule has 0 radical (unpaired) electrons. The van der Waals surface area contributed by atoms with Crippen molar-refractivity contribution >= 4 is 37.6 Å². The zero-order chi connectivity index (χ0) is 24.2. The van der Waals surface area contributed by atoms with Gasteiger partial charge in [-0.1, -0.05) is 12.5 Å². The number of carbonyl (C=O) groups is 2. The van der Waals surface area contributed by atoms with Gasteiger partial charge in [0.05, 0.1) is 15.4 Å². The summed E-state index contributed by atoms with van der Waals surface area (Å²) in [6, 6.07) is 10.7. The van der Waals surface area contributed by atoms with Crippen molar-refractivity contribution in [3.05, 3.63) is 54.1 Å². The number of rotatable bonds is 7. The largest absolute Gasteiger partial charge is 0.449 e. The fourth-order valence-electron chi connectivity index (χ4n) is 3.29. The predicted octanol–water partition coefficient (Wildman–Crippen LogP) is 1.69. The number of carbonyl (C=O) groups excluding carboxylic acids is 2. The highest BCUT2D eigenvalue weighted by molar-refractivity contribution is 7.89. The zero-order valence-electron chi connectivity index (χ0n) is 17.9. The van der Waals surface area contributed by atoms with Crippen LogP contribution in [-0.2, 0) is 29.6 Å². The summed E-state index contributed by atoms with van der Waals surface area (Å²) in [5.41, 5.74) is 0.287. The van der Waals surface area contributed by atoms with Gasteiger partial charge in [-0.05, 0) is 62.2 Å². The Morgan fingerprint density at radius 1 is 0.970 bits per heavy atom. The van der Waals surface area contributed by atoms with Crippen LogP contribution in [0.25, 0.3) is 0 Å². The molecule has 3 rings (SSSR count). The summed E-state index contributed by atoms with van der Waals surface area (Å²) < 4.78 is 54.9. The molecule has 33 heavy (non-hydrogen) atoms. The van der Waals surface area contributed by atoms with Gasteiger partial charge in [0.1, 0.15) is 0 Å². The van der Waals surface area contributed by atoms with Gasteiger partial charge in [-0.3, -0.25) is 4.79 Å². The van der Waals surface area contributed by atoms with Crippen LogP contribution in [0, 0.1) is 0 Å². The third-order valence-electron chi connectivity index (χ3n) is 5.13. The van der Waals surface area contributed by atoms with Crippen molar-refractivity contribution in [2.45, 2.75) is 42.1 Å². The van der Waals surface area contributed by atoms with Crippen LogP contribution in [0.1, 0.15) is 36.5 Å². The van der Waals surface area contributed by atoms with E-state index in [1.54, 1.807) is 0 Å². The number of anilines is 1. The van der Waals surface area contributed by atoms with Gasteiger partial charge in [-0.2, -0.15) is 4.31 Å². The quantitative estimate of drug-likeness (QED) is 0.554. The summed E-state index contributed by atoms with van der Waals surface area (Å²) in [6.07, 6.45) is 1.36. The molecule has 2 aromatic rings. The molecule has 1 fully saturated rings. The number of nitrogens with two attached hydrogens (primary N) is 1. The molecule has 0 spiro atoms. The van der Waals surface area contributed by atoms with E-state index in [9.17, 15) is 26.4 Å². The van der Waals surface area contributed by atoms with E-state index in [-0.39, 0.29) is 21.0 Å². The van der Waals surface area contributed by atoms with Gasteiger partial charge in [0, 0.05) is 18.8 Å². The molecule has 1 heterocycles. The molecule has 1 aliphatic heterocycles. The van der Waals surface area contributed by atoms with Gasteiger partial charge in [-0.15, -0.1) is 0 Å². The van der Waals surface area contributed by atoms with Gasteiger partial charge in [0.2, 0.25) is 20.0 Å². The Kier molecular flexibility index (Phi) is 7.52. The lowest BCUT2D eigenvalue weighted by Crippen LogP contribution is -2.35. The van der Waals surface area contributed by atoms with E-state index in [2.05, 4.69) is 5.32 Å². The van der Waals surface area contributed by atoms with Gasteiger partial charge in [0.15, 0.2) is 6.10 Å². The summed E-state index contributed by atoms with van der Waals surface area (Å²) in [5.74, 6) is -1.50. The second-order valence-corrected chi connectivity index (χ2v) is 11.1. The Labute approximate surface area is 192 Å². The van der Waals surface area contributed by atoms with Gasteiger partial charge >= 0.3 is 5.97 Å². The molecule has 178 valence electrons. The third kappa shape index (κ3) is 6.16. The Hall–Kier alpha value is -2.80. The van der Waals surface area contributed by atoms with Crippen molar-refractivity contribution in [3.8, 4) is 0 Å². The van der Waals surface area contributed by atoms with Crippen molar-refractivity contribution < 1.29 is 31.2 Å². The van der Waals surface area contributed by atoms with Crippen LogP contribution >= 0.6 is 0 Å². The zero-order valence-corrected chi connectivity index (χ0v) is 19.6. The molecule has 1 amide bonds. The second-order valence-electron chi connectivity index (χ2n) is 7.60. The molecule has 1 atom stereocenters. The van der Waals surface area contributed by atoms with E-state index < -0.39 is 38.0 Å². The first-order valence-electron chi connectivity index (χ1n) is 10.2. The smallest absolute Gasteiger partial charge is 0.338 e. The summed E-state index contributed by atoms with van der Waals surface area (Å²) in [4.78, 5) is 24.8. The number of nitrogens with zero attached hydrogens (tertiary/aromatic N) is 1. The van der Waals surface area contributed by atoms with Crippen LogP contribution in [-0.4, -0.2) is 52.2 Å². The van der Waals surface area contributed by atoms with Crippen LogP contribution in [0.3, 0.4) is 0 Å². The first kappa shape index (κ1) is 24.8. The number of piperidine rings is 1. The fraction of sp³-hybridized carbons (Fsp3) is 0.333. The van der Waals surface area contributed by atoms with Crippen molar-refractivity contribution in [1.29, 1.82) is 0 Å². The molecule has 1 aliphatic rings. The van der Waals surface area contributed by atoms with Crippen molar-refractivity contribution in [1.82, 2.24) is 4.31 Å². The van der Waals surface area contributed by atoms with Crippen molar-refractivity contribution in [2.24, 2.45) is 5.14 Å². The lowest BCUT2D eigenvalue weighted by atomic mass is 10.2. The van der Waals surface area contributed by atoms with Crippen LogP contribution in [0.5, 0.6) is 0 Å². The Morgan fingerprint density at radius 3 is 2.21 bits per heavy atom. The molecule has 3 N–H and O–H groups in total. The van der Waals surface area contributed by atoms with E-state index in [4.69, 9.17) is 9.88 Å². The molecule has 1 saturated heterocycles. The molecule has 10 nitrogen and oxygen atoms in total. The summed E-state index contributed by atoms with van der Waals surface area (Å²) in [6.45, 7) is 2.24. The maximum atomic E-state index is 12.8. The maximum absolute atomic E-state index is 12.8. The van der Waals surface area contributed by atoms with Crippen LogP contribution < -0.4 is 10.5 Å². The van der Waals surface area contributed by atoms with E-state index in [1.165, 1.54) is 59.8 Å². The molecule has 12 heteroatoms. The molecule has 0 bridgehead atoms. The number of esters is 1. The molecule has 0 saturated carbocycles. The van der Waals surface area contributed by atoms with Crippen LogP contribution in [0.4, 0.5) is 5.69 Å². The van der Waals surface area contributed by atoms with Crippen LogP contribution in [0.2, 0.25) is 0 Å². The van der Waals surface area contributed by atoms with Gasteiger partial charge in [-0.25, -0.2) is 26.8 Å². The van der Waals surface area contributed by atoms with Crippen molar-refractivity contribution in [3.63, 3.8) is 0 Å². The first-order chi connectivity index (χ1) is 15.5. The second kappa shape index (κ2) is 10.00. The van der Waals surface area contributed by atoms with E-state index in [0.29, 0.717) is 13.1 Å². The summed E-state index contributed by atoms with van der Waals surface area (Å²) >= 11 is 0. The normalized spacial score (nSPS) is 16.1. The van der Waals surface area contributed by atoms with E-state index in [1.807, 2.05) is 0 Å². The van der Waals surface area contributed by atoms with Crippen LogP contribution in [0.15, 0.2) is 58.3 Å². The highest BCUT2D eigenvalue weighted by atomic mass is 32.2. The fourth-order valence-corrected chi connectivity index (χ4v) is 5.37. The van der Waals surface area contributed by atoms with Gasteiger partial charge < -0.3 is 10.1 Å². The lowest BCUT2D eigenvalue weighted by molar-refractivity contribution is -0.123. The number of nitrogens with one attached hydrogen (secondary N) is 1. The average Bonchev–Trinajstić information content (AvgIpc) is 2.79. The average molecular weight is 496 g/mol. The molecular formula is C21H25N3O7S2. The minimum absolute atomic E-state index is 0.00485. The molecule has 0 aliphatic carbocycles. The number of hydrogen-bond donors (Lipinski definition) is 2. The molecule has 0 unspecified atom stereocenters. The SMILES string of the molecule is C[C@@H](OC(=O)c1cccc(S(=O)(=O)N2CCCCC2)c1)C(=O)Nc1ccc(S(N)(=O)=O)cc1. The van der Waals surface area contributed by atoms with Crippen molar-refractivity contribution in [2.75, 3.05) is 18.4 Å². The highest BCUT2D eigenvalue weighted by Gasteiger charge is 2.27. The maximum Gasteiger partial charge on any atom is 0.338 e. The van der Waals surface area contributed by atoms with Gasteiger partial charge in [0.25, 0.3) is 5.91 Å². The standard InChI is InChI=1S/C21H25N3O7S2/c1-15(20(25)23-17-8-10-18(11-9-17)32(22,27)28)31-21(26)16-6-5-7-19(14-16)33(29,30)24-12-3-2-4-13-24/h5-11,14-15H,2-4,12-13H2,1H3,(H,23,25)(H2,22,27,28)/t15-/m1/s1. The minimum Gasteiger partial charge on any atom is -0.449 e. The Balaban J connectivity index is 1.65. The minimum atomic E-state index is -3.86. The molecule has 0 aromatic heterocycles. The third-order valence-corrected chi connectivity index (χ3v) is 7.95. The topological polar surface area (TPSA) is 153 Å². The number of primary sulfonamides is 1. The van der Waals surface area contributed by atoms with E-state index >= 15 is 0 Å². The Bertz CT molecular complexity index is 1240. The number of ether oxygens (including phenoxy) is 1. The summed E-state index contributed by atoms with van der Waals surface area (Å²) in [7, 11) is -7.58. The lowest BCUT2D eigenvalue weighted by Gasteiger charge is -2.26. The number of sulfonamides is 2. The Morgan fingerprint density at radius 2 is 1.61 bits per heavy atom. The predicted molar refractivity (Wildman–Crippen MR) is 120 cm³/mol. The number of amides is 1. The molecule has 2 aromatic carbocycles. The first-order valence-corrected chi connectivity index (χ1v) is 13.2. The monoisotopic (exact) mass is 495 g/mol. The molecular weight excluding hydrogens is 470 g/mol. The van der Waals surface area contributed by atoms with E-state index in [0.717, 1.165) is 19.3 Å². The highest BCUT2D eigenvalue weighted by Crippen LogP contribution is 2.22. The summed E-state index contributed by atoms with van der Waals surface area (Å²) in [5, 5.41) is 7.53. The number of hydrogen-bond acceptors (Lipinski definition) is 7. The number of benzene rings is 2.